The molecule has 0 fully saturated rings. The Morgan fingerprint density at radius 3 is 2.67 bits per heavy atom. The molecule has 1 amide bonds. The Hall–Kier alpha value is -3.62. The van der Waals surface area contributed by atoms with Crippen molar-refractivity contribution in [3.63, 3.8) is 0 Å². The van der Waals surface area contributed by atoms with E-state index in [1.54, 1.807) is 24.3 Å². The van der Waals surface area contributed by atoms with Crippen LogP contribution in [0.4, 0.5) is 5.69 Å². The van der Waals surface area contributed by atoms with Gasteiger partial charge >= 0.3 is 5.69 Å². The molecule has 2 aromatic rings. The molecule has 0 aromatic heterocycles. The van der Waals surface area contributed by atoms with Gasteiger partial charge < -0.3 is 14.2 Å². The number of nitro groups is 1. The smallest absolute Gasteiger partial charge is 0.310 e. The zero-order valence-electron chi connectivity index (χ0n) is 14.9. The zero-order chi connectivity index (χ0) is 19.6. The largest absolute Gasteiger partial charge is 0.493 e. The van der Waals surface area contributed by atoms with Crippen LogP contribution in [0, 0.1) is 10.1 Å². The van der Waals surface area contributed by atoms with Gasteiger partial charge in [-0.1, -0.05) is 12.1 Å². The number of ether oxygens (including phenoxy) is 3. The number of nitrogens with one attached hydrogen (secondary N) is 1. The van der Waals surface area contributed by atoms with Crippen LogP contribution in [0.25, 0.3) is 0 Å². The van der Waals surface area contributed by atoms with E-state index >= 15 is 0 Å². The van der Waals surface area contributed by atoms with Crippen LogP contribution in [0.1, 0.15) is 12.5 Å². The van der Waals surface area contributed by atoms with Crippen LogP contribution in [0.5, 0.6) is 17.2 Å². The molecular formula is C18H19N3O6. The third-order valence-electron chi connectivity index (χ3n) is 3.31. The van der Waals surface area contributed by atoms with E-state index in [0.717, 1.165) is 0 Å². The SMILES string of the molecule is CCOc1ccc(/C=N\NC(=O)COc2ccccc2[N+](=O)[O-])cc1OC. The standard InChI is InChI=1S/C18H19N3O6/c1-3-26-16-9-8-13(10-17(16)25-2)11-19-20-18(22)12-27-15-7-5-4-6-14(15)21(23)24/h4-11H,3,12H2,1-2H3,(H,20,22)/b19-11-. The molecule has 0 aliphatic heterocycles. The summed E-state index contributed by atoms with van der Waals surface area (Å²) in [5, 5.41) is 14.7. The predicted molar refractivity (Wildman–Crippen MR) is 98.5 cm³/mol. The van der Waals surface area contributed by atoms with E-state index in [-0.39, 0.29) is 11.4 Å². The molecule has 0 saturated heterocycles. The van der Waals surface area contributed by atoms with Crippen molar-refractivity contribution in [3.05, 3.63) is 58.1 Å². The van der Waals surface area contributed by atoms with Crippen LogP contribution >= 0.6 is 0 Å². The Kier molecular flexibility index (Phi) is 7.12. The lowest BCUT2D eigenvalue weighted by molar-refractivity contribution is -0.385. The minimum Gasteiger partial charge on any atom is -0.493 e. The van der Waals surface area contributed by atoms with Gasteiger partial charge in [-0.2, -0.15) is 5.10 Å². The lowest BCUT2D eigenvalue weighted by atomic mass is 10.2. The van der Waals surface area contributed by atoms with E-state index in [2.05, 4.69) is 10.5 Å². The average Bonchev–Trinajstić information content (AvgIpc) is 2.67. The Morgan fingerprint density at radius 2 is 1.96 bits per heavy atom. The highest BCUT2D eigenvalue weighted by atomic mass is 16.6. The molecule has 0 heterocycles. The number of benzene rings is 2. The van der Waals surface area contributed by atoms with Crippen LogP contribution in [0.15, 0.2) is 47.6 Å². The fraction of sp³-hybridized carbons (Fsp3) is 0.222. The number of hydrazone groups is 1. The number of para-hydroxylation sites is 2. The Balaban J connectivity index is 1.91. The lowest BCUT2D eigenvalue weighted by Crippen LogP contribution is -2.24. The summed E-state index contributed by atoms with van der Waals surface area (Å²) >= 11 is 0. The molecule has 2 aromatic carbocycles. The number of rotatable bonds is 9. The molecule has 142 valence electrons. The number of methoxy groups -OCH3 is 1. The first-order valence-electron chi connectivity index (χ1n) is 8.04. The molecule has 0 radical (unpaired) electrons. The van der Waals surface area contributed by atoms with Gasteiger partial charge in [0.25, 0.3) is 5.91 Å². The summed E-state index contributed by atoms with van der Waals surface area (Å²) in [7, 11) is 1.53. The zero-order valence-corrected chi connectivity index (χ0v) is 14.9. The van der Waals surface area contributed by atoms with Crippen molar-refractivity contribution in [2.24, 2.45) is 5.10 Å². The van der Waals surface area contributed by atoms with Crippen LogP contribution in [0.3, 0.4) is 0 Å². The maximum atomic E-state index is 11.8. The number of carbonyl (C=O) groups excluding carboxylic acids is 1. The van der Waals surface area contributed by atoms with E-state index in [1.165, 1.54) is 31.5 Å². The summed E-state index contributed by atoms with van der Waals surface area (Å²) in [6, 6.07) is 11.0. The van der Waals surface area contributed by atoms with Crippen molar-refractivity contribution in [3.8, 4) is 17.2 Å². The fourth-order valence-corrected chi connectivity index (χ4v) is 2.12. The molecule has 9 nitrogen and oxygen atoms in total. The van der Waals surface area contributed by atoms with Gasteiger partial charge in [0.2, 0.25) is 0 Å². The summed E-state index contributed by atoms with van der Waals surface area (Å²) in [5.74, 6) is 0.617. The quantitative estimate of drug-likeness (QED) is 0.411. The highest BCUT2D eigenvalue weighted by molar-refractivity contribution is 5.83. The van der Waals surface area contributed by atoms with Crippen LogP contribution in [-0.2, 0) is 4.79 Å². The molecule has 9 heteroatoms. The summed E-state index contributed by atoms with van der Waals surface area (Å²) < 4.78 is 15.8. The second-order valence-corrected chi connectivity index (χ2v) is 5.15. The molecule has 0 unspecified atom stereocenters. The molecule has 0 aliphatic carbocycles. The van der Waals surface area contributed by atoms with Gasteiger partial charge in [-0.25, -0.2) is 5.43 Å². The van der Waals surface area contributed by atoms with Crippen LogP contribution in [-0.4, -0.2) is 37.4 Å². The minimum absolute atomic E-state index is 0.0119. The van der Waals surface area contributed by atoms with Crippen molar-refractivity contribution in [2.45, 2.75) is 6.92 Å². The highest BCUT2D eigenvalue weighted by Crippen LogP contribution is 2.27. The Bertz CT molecular complexity index is 838. The minimum atomic E-state index is -0.579. The third kappa shape index (κ3) is 5.70. The second-order valence-electron chi connectivity index (χ2n) is 5.15. The van der Waals surface area contributed by atoms with Gasteiger partial charge in [-0.3, -0.25) is 14.9 Å². The molecule has 0 atom stereocenters. The number of hydrogen-bond donors (Lipinski definition) is 1. The van der Waals surface area contributed by atoms with Crippen molar-refractivity contribution < 1.29 is 23.9 Å². The molecule has 0 bridgehead atoms. The van der Waals surface area contributed by atoms with Gasteiger partial charge in [-0.15, -0.1) is 0 Å². The normalized spacial score (nSPS) is 10.4. The van der Waals surface area contributed by atoms with Gasteiger partial charge in [-0.05, 0) is 36.8 Å². The van der Waals surface area contributed by atoms with E-state index in [0.29, 0.717) is 23.7 Å². The van der Waals surface area contributed by atoms with Crippen molar-refractivity contribution in [2.75, 3.05) is 20.3 Å². The van der Waals surface area contributed by atoms with E-state index in [9.17, 15) is 14.9 Å². The molecule has 0 spiro atoms. The molecule has 2 rings (SSSR count). The fourth-order valence-electron chi connectivity index (χ4n) is 2.12. The first-order valence-corrected chi connectivity index (χ1v) is 8.04. The van der Waals surface area contributed by atoms with Gasteiger partial charge in [0.1, 0.15) is 0 Å². The first kappa shape index (κ1) is 19.7. The average molecular weight is 373 g/mol. The first-order chi connectivity index (χ1) is 13.0. The summed E-state index contributed by atoms with van der Waals surface area (Å²) in [4.78, 5) is 22.1. The second kappa shape index (κ2) is 9.76. The molecule has 0 aliphatic rings. The van der Waals surface area contributed by atoms with E-state index in [1.807, 2.05) is 6.92 Å². The van der Waals surface area contributed by atoms with Crippen LogP contribution in [0.2, 0.25) is 0 Å². The number of nitrogens with zero attached hydrogens (tertiary/aromatic N) is 2. The van der Waals surface area contributed by atoms with Crippen molar-refractivity contribution in [1.29, 1.82) is 0 Å². The molecular weight excluding hydrogens is 354 g/mol. The van der Waals surface area contributed by atoms with Gasteiger partial charge in [0.05, 0.1) is 24.9 Å². The summed E-state index contributed by atoms with van der Waals surface area (Å²) in [5.41, 5.74) is 2.77. The topological polar surface area (TPSA) is 112 Å². The molecule has 27 heavy (non-hydrogen) atoms. The number of nitro benzene ring substituents is 1. The Labute approximate surface area is 155 Å². The monoisotopic (exact) mass is 373 g/mol. The lowest BCUT2D eigenvalue weighted by Gasteiger charge is -2.09. The number of carbonyl (C=O) groups is 1. The number of hydrogen-bond acceptors (Lipinski definition) is 7. The summed E-state index contributed by atoms with van der Waals surface area (Å²) in [6.07, 6.45) is 1.43. The maximum Gasteiger partial charge on any atom is 0.310 e. The van der Waals surface area contributed by atoms with Crippen LogP contribution < -0.4 is 19.6 Å². The molecule has 0 saturated carbocycles. The Morgan fingerprint density at radius 1 is 1.19 bits per heavy atom. The molecule has 1 N–H and O–H groups in total. The third-order valence-corrected chi connectivity index (χ3v) is 3.31. The van der Waals surface area contributed by atoms with Crippen molar-refractivity contribution >= 4 is 17.8 Å². The maximum absolute atomic E-state index is 11.8. The van der Waals surface area contributed by atoms with E-state index < -0.39 is 17.4 Å². The van der Waals surface area contributed by atoms with Gasteiger partial charge in [0.15, 0.2) is 23.9 Å². The van der Waals surface area contributed by atoms with E-state index in [4.69, 9.17) is 14.2 Å². The van der Waals surface area contributed by atoms with Gasteiger partial charge in [0, 0.05) is 6.07 Å². The van der Waals surface area contributed by atoms with Crippen molar-refractivity contribution in [1.82, 2.24) is 5.43 Å². The predicted octanol–water partition coefficient (Wildman–Crippen LogP) is 2.53. The highest BCUT2D eigenvalue weighted by Gasteiger charge is 2.14. The summed E-state index contributed by atoms with van der Waals surface area (Å²) in [6.45, 7) is 1.98. The number of amides is 1.